The molecular weight excluding hydrogens is 275 g/mol. The zero-order chi connectivity index (χ0) is 11.5. The fraction of sp³-hybridized carbons (Fsp3) is 0.750. The monoisotopic (exact) mass is 285 g/mol. The zero-order valence-corrected chi connectivity index (χ0v) is 9.72. The summed E-state index contributed by atoms with van der Waals surface area (Å²) in [6.45, 7) is 2.12. The Balaban J connectivity index is 2.38. The first kappa shape index (κ1) is 12.5. The van der Waals surface area contributed by atoms with E-state index in [4.69, 9.17) is 0 Å². The highest BCUT2D eigenvalue weighted by atomic mass is 79.9. The minimum Gasteiger partial charge on any atom is -0.252 e. The number of nitrogens with zero attached hydrogens (tertiary/aromatic N) is 3. The molecule has 86 valence electrons. The lowest BCUT2D eigenvalue weighted by Crippen LogP contribution is -2.09. The van der Waals surface area contributed by atoms with Crippen molar-refractivity contribution in [2.75, 3.05) is 0 Å². The molecule has 0 aromatic carbocycles. The van der Waals surface area contributed by atoms with E-state index in [0.717, 1.165) is 5.69 Å². The van der Waals surface area contributed by atoms with Gasteiger partial charge in [-0.25, -0.2) is 0 Å². The fourth-order valence-electron chi connectivity index (χ4n) is 1.05. The summed E-state index contributed by atoms with van der Waals surface area (Å²) in [6.07, 6.45) is -3.20. The van der Waals surface area contributed by atoms with Crippen molar-refractivity contribution in [2.45, 2.75) is 37.3 Å². The lowest BCUT2D eigenvalue weighted by molar-refractivity contribution is -0.136. The third-order valence-electron chi connectivity index (χ3n) is 1.81. The maximum Gasteiger partial charge on any atom is 0.389 e. The molecule has 0 aliphatic heterocycles. The van der Waals surface area contributed by atoms with Crippen LogP contribution in [0.5, 0.6) is 0 Å². The quantitative estimate of drug-likeness (QED) is 0.796. The van der Waals surface area contributed by atoms with E-state index in [-0.39, 0.29) is 17.8 Å². The van der Waals surface area contributed by atoms with Gasteiger partial charge in [0.1, 0.15) is 0 Å². The van der Waals surface area contributed by atoms with Crippen molar-refractivity contribution in [3.05, 3.63) is 11.9 Å². The Hall–Kier alpha value is -0.590. The summed E-state index contributed by atoms with van der Waals surface area (Å²) in [5.74, 6) is 0. The van der Waals surface area contributed by atoms with Crippen molar-refractivity contribution in [3.63, 3.8) is 0 Å². The normalized spacial score (nSPS) is 14.2. The number of hydrogen-bond donors (Lipinski definition) is 0. The van der Waals surface area contributed by atoms with Crippen LogP contribution >= 0.6 is 15.9 Å². The number of aryl methyl sites for hydroxylation is 1. The molecule has 0 amide bonds. The van der Waals surface area contributed by atoms with Crippen molar-refractivity contribution >= 4 is 15.9 Å². The second kappa shape index (κ2) is 4.96. The molecule has 0 radical (unpaired) electrons. The number of alkyl halides is 4. The van der Waals surface area contributed by atoms with Crippen molar-refractivity contribution in [3.8, 4) is 0 Å². The van der Waals surface area contributed by atoms with E-state index < -0.39 is 12.6 Å². The predicted octanol–water partition coefficient (Wildman–Crippen LogP) is 3.08. The summed E-state index contributed by atoms with van der Waals surface area (Å²) in [5.41, 5.74) is 0.724. The molecule has 0 fully saturated rings. The third-order valence-corrected chi connectivity index (χ3v) is 2.28. The average Bonchev–Trinajstić information content (AvgIpc) is 2.50. The Bertz CT molecular complexity index is 308. The van der Waals surface area contributed by atoms with Crippen LogP contribution in [-0.2, 0) is 6.54 Å². The molecule has 0 saturated heterocycles. The van der Waals surface area contributed by atoms with E-state index in [9.17, 15) is 13.2 Å². The van der Waals surface area contributed by atoms with E-state index in [1.807, 2.05) is 6.92 Å². The Labute approximate surface area is 93.8 Å². The van der Waals surface area contributed by atoms with Gasteiger partial charge in [-0.3, -0.25) is 4.68 Å². The highest BCUT2D eigenvalue weighted by molar-refractivity contribution is 9.09. The number of hydrogen-bond acceptors (Lipinski definition) is 2. The van der Waals surface area contributed by atoms with E-state index in [1.54, 1.807) is 6.20 Å². The van der Waals surface area contributed by atoms with Gasteiger partial charge in [-0.2, -0.15) is 13.2 Å². The highest BCUT2D eigenvalue weighted by Crippen LogP contribution is 2.22. The second-order valence-corrected chi connectivity index (χ2v) is 4.61. The molecule has 1 unspecified atom stereocenters. The Morgan fingerprint density at radius 2 is 2.20 bits per heavy atom. The molecule has 1 atom stereocenters. The maximum atomic E-state index is 11.8. The molecule has 0 bridgehead atoms. The minimum absolute atomic E-state index is 0.0307. The first-order valence-corrected chi connectivity index (χ1v) is 5.41. The lowest BCUT2D eigenvalue weighted by Gasteiger charge is -2.04. The molecule has 0 N–H and O–H groups in total. The summed E-state index contributed by atoms with van der Waals surface area (Å²) in [4.78, 5) is 0.0638. The molecule has 0 saturated carbocycles. The summed E-state index contributed by atoms with van der Waals surface area (Å²) in [7, 11) is 0. The van der Waals surface area contributed by atoms with Crippen LogP contribution in [0.15, 0.2) is 6.20 Å². The van der Waals surface area contributed by atoms with Gasteiger partial charge >= 0.3 is 6.18 Å². The van der Waals surface area contributed by atoms with Gasteiger partial charge in [0.2, 0.25) is 0 Å². The van der Waals surface area contributed by atoms with Gasteiger partial charge in [0.05, 0.1) is 10.5 Å². The smallest absolute Gasteiger partial charge is 0.252 e. The van der Waals surface area contributed by atoms with Crippen LogP contribution < -0.4 is 0 Å². The van der Waals surface area contributed by atoms with Crippen LogP contribution in [0, 0.1) is 0 Å². The summed E-state index contributed by atoms with van der Waals surface area (Å²) in [5, 5.41) is 7.54. The molecule has 0 aliphatic carbocycles. The second-order valence-electron chi connectivity index (χ2n) is 3.24. The van der Waals surface area contributed by atoms with Crippen LogP contribution in [-0.4, -0.2) is 21.2 Å². The Morgan fingerprint density at radius 1 is 1.53 bits per heavy atom. The van der Waals surface area contributed by atoms with Crippen molar-refractivity contribution in [2.24, 2.45) is 0 Å². The zero-order valence-electron chi connectivity index (χ0n) is 8.13. The predicted molar refractivity (Wildman–Crippen MR) is 52.7 cm³/mol. The van der Waals surface area contributed by atoms with Gasteiger partial charge in [-0.15, -0.1) is 5.10 Å². The largest absolute Gasteiger partial charge is 0.389 e. The van der Waals surface area contributed by atoms with Gasteiger partial charge in [0.25, 0.3) is 0 Å². The standard InChI is InChI=1S/C8H11BrF3N3/c1-6(9)7-5-15(14-13-7)4-2-3-8(10,11)12/h5-6H,2-4H2,1H3. The highest BCUT2D eigenvalue weighted by Gasteiger charge is 2.26. The number of rotatable bonds is 4. The lowest BCUT2D eigenvalue weighted by atomic mass is 10.3. The van der Waals surface area contributed by atoms with E-state index in [1.165, 1.54) is 4.68 Å². The maximum absolute atomic E-state index is 11.8. The van der Waals surface area contributed by atoms with Crippen LogP contribution in [0.4, 0.5) is 13.2 Å². The van der Waals surface area contributed by atoms with Crippen LogP contribution in [0.2, 0.25) is 0 Å². The van der Waals surface area contributed by atoms with Gasteiger partial charge in [-0.05, 0) is 13.3 Å². The molecular formula is C8H11BrF3N3. The molecule has 1 heterocycles. The van der Waals surface area contributed by atoms with E-state index in [2.05, 4.69) is 26.2 Å². The van der Waals surface area contributed by atoms with Gasteiger partial charge in [0, 0.05) is 19.2 Å². The van der Waals surface area contributed by atoms with Gasteiger partial charge in [0.15, 0.2) is 0 Å². The molecule has 0 aliphatic rings. The summed E-state index contributed by atoms with van der Waals surface area (Å²) >= 11 is 3.30. The van der Waals surface area contributed by atoms with E-state index in [0.29, 0.717) is 0 Å². The van der Waals surface area contributed by atoms with Gasteiger partial charge < -0.3 is 0 Å². The topological polar surface area (TPSA) is 30.7 Å². The van der Waals surface area contributed by atoms with Crippen LogP contribution in [0.1, 0.15) is 30.3 Å². The Kier molecular flexibility index (Phi) is 4.12. The molecule has 15 heavy (non-hydrogen) atoms. The molecule has 7 heteroatoms. The van der Waals surface area contributed by atoms with E-state index >= 15 is 0 Å². The number of aromatic nitrogens is 3. The first-order chi connectivity index (χ1) is 6.88. The minimum atomic E-state index is -4.09. The average molecular weight is 286 g/mol. The molecule has 3 nitrogen and oxygen atoms in total. The van der Waals surface area contributed by atoms with Crippen LogP contribution in [0.3, 0.4) is 0 Å². The molecule has 1 aromatic heterocycles. The Morgan fingerprint density at radius 3 is 2.67 bits per heavy atom. The fourth-order valence-corrected chi connectivity index (χ4v) is 1.26. The SMILES string of the molecule is CC(Br)c1cn(CCCC(F)(F)F)nn1. The van der Waals surface area contributed by atoms with Crippen molar-refractivity contribution in [1.29, 1.82) is 0 Å². The first-order valence-electron chi connectivity index (χ1n) is 4.49. The molecule has 0 spiro atoms. The summed E-state index contributed by atoms with van der Waals surface area (Å²) < 4.78 is 36.9. The molecule has 1 rings (SSSR count). The summed E-state index contributed by atoms with van der Waals surface area (Å²) in [6, 6.07) is 0. The van der Waals surface area contributed by atoms with Crippen LogP contribution in [0.25, 0.3) is 0 Å². The third kappa shape index (κ3) is 4.63. The van der Waals surface area contributed by atoms with Crippen molar-refractivity contribution in [1.82, 2.24) is 15.0 Å². The van der Waals surface area contributed by atoms with Gasteiger partial charge in [-0.1, -0.05) is 21.1 Å². The molecule has 1 aromatic rings. The van der Waals surface area contributed by atoms with Crippen molar-refractivity contribution < 1.29 is 13.2 Å². The number of halogens is 4.